The summed E-state index contributed by atoms with van der Waals surface area (Å²) in [5.41, 5.74) is 0.801. The van der Waals surface area contributed by atoms with E-state index in [9.17, 15) is 0 Å². The van der Waals surface area contributed by atoms with Crippen LogP contribution < -0.4 is 4.74 Å². The number of hydrogen-bond donors (Lipinski definition) is 1. The lowest BCUT2D eigenvalue weighted by Crippen LogP contribution is -2.05. The van der Waals surface area contributed by atoms with Crippen molar-refractivity contribution >= 4 is 11.6 Å². The van der Waals surface area contributed by atoms with Crippen molar-refractivity contribution in [3.8, 4) is 17.1 Å². The van der Waals surface area contributed by atoms with Crippen molar-refractivity contribution in [2.24, 2.45) is 0 Å². The van der Waals surface area contributed by atoms with Gasteiger partial charge in [0.25, 0.3) is 0 Å². The minimum atomic E-state index is 0.0912. The summed E-state index contributed by atoms with van der Waals surface area (Å²) >= 11 is 6.08. The number of ether oxygens (including phenoxy) is 1. The molecule has 0 fully saturated rings. The predicted octanol–water partition coefficient (Wildman–Crippen LogP) is 2.31. The lowest BCUT2D eigenvalue weighted by Gasteiger charge is -2.11. The lowest BCUT2D eigenvalue weighted by atomic mass is 10.2. The Balaban J connectivity index is 2.29. The molecule has 1 aromatic heterocycles. The normalized spacial score (nSPS) is 10.8. The van der Waals surface area contributed by atoms with Crippen LogP contribution in [-0.4, -0.2) is 26.7 Å². The van der Waals surface area contributed by atoms with Gasteiger partial charge in [-0.2, -0.15) is 5.21 Å². The van der Waals surface area contributed by atoms with Crippen LogP contribution in [0.3, 0.4) is 0 Å². The second-order valence-corrected chi connectivity index (χ2v) is 3.95. The van der Waals surface area contributed by atoms with Crippen LogP contribution in [0.4, 0.5) is 0 Å². The van der Waals surface area contributed by atoms with Gasteiger partial charge in [0.2, 0.25) is 5.82 Å². The molecule has 0 saturated carbocycles. The zero-order valence-electron chi connectivity index (χ0n) is 8.94. The molecule has 0 aliphatic rings. The van der Waals surface area contributed by atoms with E-state index in [1.807, 2.05) is 19.9 Å². The molecule has 0 radical (unpaired) electrons. The van der Waals surface area contributed by atoms with Gasteiger partial charge in [0.15, 0.2) is 0 Å². The molecular formula is C10H11ClN4O. The molecule has 16 heavy (non-hydrogen) atoms. The van der Waals surface area contributed by atoms with Gasteiger partial charge in [-0.3, -0.25) is 0 Å². The van der Waals surface area contributed by atoms with E-state index in [-0.39, 0.29) is 6.10 Å². The number of tetrazole rings is 1. The van der Waals surface area contributed by atoms with Gasteiger partial charge in [-0.1, -0.05) is 11.6 Å². The number of H-pyrrole nitrogens is 1. The van der Waals surface area contributed by atoms with Gasteiger partial charge in [-0.15, -0.1) is 10.2 Å². The molecular weight excluding hydrogens is 228 g/mol. The van der Waals surface area contributed by atoms with Crippen LogP contribution in [0, 0.1) is 0 Å². The minimum absolute atomic E-state index is 0.0912. The van der Waals surface area contributed by atoms with Gasteiger partial charge in [0, 0.05) is 5.56 Å². The van der Waals surface area contributed by atoms with Crippen LogP contribution in [0.5, 0.6) is 5.75 Å². The fourth-order valence-electron chi connectivity index (χ4n) is 1.27. The minimum Gasteiger partial charge on any atom is -0.489 e. The average molecular weight is 239 g/mol. The number of hydrogen-bond acceptors (Lipinski definition) is 4. The molecule has 1 heterocycles. The number of nitrogens with one attached hydrogen (secondary N) is 1. The van der Waals surface area contributed by atoms with Gasteiger partial charge >= 0.3 is 0 Å². The molecule has 5 nitrogen and oxygen atoms in total. The monoisotopic (exact) mass is 238 g/mol. The van der Waals surface area contributed by atoms with Crippen molar-refractivity contribution < 1.29 is 4.74 Å². The highest BCUT2D eigenvalue weighted by Crippen LogP contribution is 2.29. The Kier molecular flexibility index (Phi) is 3.05. The summed E-state index contributed by atoms with van der Waals surface area (Å²) < 4.78 is 5.52. The van der Waals surface area contributed by atoms with Crippen molar-refractivity contribution in [1.82, 2.24) is 20.6 Å². The predicted molar refractivity (Wildman–Crippen MR) is 60.4 cm³/mol. The third kappa shape index (κ3) is 2.30. The molecule has 0 unspecified atom stereocenters. The summed E-state index contributed by atoms with van der Waals surface area (Å²) in [4.78, 5) is 0. The molecule has 0 atom stereocenters. The number of benzene rings is 1. The standard InChI is InChI=1S/C10H11ClN4O/c1-6(2)16-9-4-3-7(5-8(9)11)10-12-14-15-13-10/h3-6H,1-2H3,(H,12,13,14,15). The molecule has 0 saturated heterocycles. The Labute approximate surface area is 97.8 Å². The van der Waals surface area contributed by atoms with E-state index < -0.39 is 0 Å². The number of halogens is 1. The summed E-state index contributed by atoms with van der Waals surface area (Å²) in [6.45, 7) is 3.90. The highest BCUT2D eigenvalue weighted by Gasteiger charge is 2.08. The van der Waals surface area contributed by atoms with Crippen LogP contribution in [0.25, 0.3) is 11.4 Å². The van der Waals surface area contributed by atoms with E-state index in [0.717, 1.165) is 5.56 Å². The fraction of sp³-hybridized carbons (Fsp3) is 0.300. The second kappa shape index (κ2) is 4.49. The fourth-order valence-corrected chi connectivity index (χ4v) is 1.50. The number of rotatable bonds is 3. The van der Waals surface area contributed by atoms with E-state index in [1.165, 1.54) is 0 Å². The highest BCUT2D eigenvalue weighted by atomic mass is 35.5. The average Bonchev–Trinajstić information content (AvgIpc) is 2.73. The van der Waals surface area contributed by atoms with Crippen molar-refractivity contribution in [3.05, 3.63) is 23.2 Å². The van der Waals surface area contributed by atoms with Crippen molar-refractivity contribution in [1.29, 1.82) is 0 Å². The molecule has 2 aromatic rings. The largest absolute Gasteiger partial charge is 0.489 e. The molecule has 84 valence electrons. The summed E-state index contributed by atoms with van der Waals surface area (Å²) in [5, 5.41) is 14.2. The highest BCUT2D eigenvalue weighted by molar-refractivity contribution is 6.32. The number of aromatic nitrogens is 4. The van der Waals surface area contributed by atoms with Gasteiger partial charge in [-0.25, -0.2) is 0 Å². The lowest BCUT2D eigenvalue weighted by molar-refractivity contribution is 0.242. The SMILES string of the molecule is CC(C)Oc1ccc(-c2nn[nH]n2)cc1Cl. The maximum absolute atomic E-state index is 6.08. The molecule has 1 N–H and O–H groups in total. The van der Waals surface area contributed by atoms with Gasteiger partial charge in [0.05, 0.1) is 11.1 Å². The topological polar surface area (TPSA) is 63.7 Å². The first kappa shape index (κ1) is 10.9. The van der Waals surface area contributed by atoms with Crippen LogP contribution >= 0.6 is 11.6 Å². The molecule has 0 spiro atoms. The van der Waals surface area contributed by atoms with Gasteiger partial charge < -0.3 is 4.74 Å². The second-order valence-electron chi connectivity index (χ2n) is 3.55. The molecule has 0 bridgehead atoms. The zero-order valence-corrected chi connectivity index (χ0v) is 9.69. The molecule has 0 aliphatic carbocycles. The Morgan fingerprint density at radius 2 is 2.19 bits per heavy atom. The third-order valence-corrected chi connectivity index (χ3v) is 2.19. The van der Waals surface area contributed by atoms with Crippen LogP contribution in [0.15, 0.2) is 18.2 Å². The maximum Gasteiger partial charge on any atom is 0.204 e. The molecule has 2 rings (SSSR count). The molecule has 6 heteroatoms. The van der Waals surface area contributed by atoms with Crippen molar-refractivity contribution in [2.75, 3.05) is 0 Å². The Morgan fingerprint density at radius 1 is 1.38 bits per heavy atom. The van der Waals surface area contributed by atoms with Crippen molar-refractivity contribution in [3.63, 3.8) is 0 Å². The van der Waals surface area contributed by atoms with Gasteiger partial charge in [-0.05, 0) is 37.3 Å². The molecule has 0 aliphatic heterocycles. The molecule has 1 aromatic carbocycles. The van der Waals surface area contributed by atoms with Crippen LogP contribution in [0.1, 0.15) is 13.8 Å². The first-order valence-corrected chi connectivity index (χ1v) is 5.24. The smallest absolute Gasteiger partial charge is 0.204 e. The Hall–Kier alpha value is -1.62. The number of nitrogens with zero attached hydrogens (tertiary/aromatic N) is 3. The first-order chi connectivity index (χ1) is 7.66. The Morgan fingerprint density at radius 3 is 2.75 bits per heavy atom. The summed E-state index contributed by atoms with van der Waals surface area (Å²) in [6, 6.07) is 5.40. The van der Waals surface area contributed by atoms with Crippen molar-refractivity contribution in [2.45, 2.75) is 20.0 Å². The third-order valence-electron chi connectivity index (χ3n) is 1.90. The van der Waals surface area contributed by atoms with Crippen LogP contribution in [-0.2, 0) is 0 Å². The zero-order chi connectivity index (χ0) is 11.5. The van der Waals surface area contributed by atoms with Crippen LogP contribution in [0.2, 0.25) is 5.02 Å². The van der Waals surface area contributed by atoms with E-state index in [0.29, 0.717) is 16.6 Å². The van der Waals surface area contributed by atoms with E-state index >= 15 is 0 Å². The van der Waals surface area contributed by atoms with Gasteiger partial charge in [0.1, 0.15) is 5.75 Å². The van der Waals surface area contributed by atoms with E-state index in [4.69, 9.17) is 16.3 Å². The Bertz CT molecular complexity index is 470. The van der Waals surface area contributed by atoms with E-state index in [2.05, 4.69) is 20.6 Å². The molecule has 0 amide bonds. The summed E-state index contributed by atoms with van der Waals surface area (Å²) in [5.74, 6) is 1.17. The first-order valence-electron chi connectivity index (χ1n) is 4.87. The number of aromatic amines is 1. The quantitative estimate of drug-likeness (QED) is 0.891. The maximum atomic E-state index is 6.08. The summed E-state index contributed by atoms with van der Waals surface area (Å²) in [7, 11) is 0. The van der Waals surface area contributed by atoms with E-state index in [1.54, 1.807) is 12.1 Å². The summed E-state index contributed by atoms with van der Waals surface area (Å²) in [6.07, 6.45) is 0.0912.